The van der Waals surface area contributed by atoms with E-state index >= 15 is 0 Å². The predicted octanol–water partition coefficient (Wildman–Crippen LogP) is 0.0612. The van der Waals surface area contributed by atoms with Gasteiger partial charge in [-0.05, 0) is 6.92 Å². The molecule has 0 saturated carbocycles. The van der Waals surface area contributed by atoms with E-state index in [4.69, 9.17) is 19.3 Å². The fraction of sp³-hybridized carbons (Fsp3) is 0.700. The summed E-state index contributed by atoms with van der Waals surface area (Å²) in [5, 5.41) is 8.88. The van der Waals surface area contributed by atoms with Crippen molar-refractivity contribution >= 4 is 5.97 Å². The molecule has 94 valence electrons. The van der Waals surface area contributed by atoms with Gasteiger partial charge < -0.3 is 24.1 Å². The topological polar surface area (TPSA) is 74.2 Å². The summed E-state index contributed by atoms with van der Waals surface area (Å²) >= 11 is 0. The number of aliphatic hydroxyl groups is 1. The van der Waals surface area contributed by atoms with Gasteiger partial charge in [0.05, 0.1) is 18.3 Å². The van der Waals surface area contributed by atoms with Crippen molar-refractivity contribution in [3.8, 4) is 0 Å². The lowest BCUT2D eigenvalue weighted by atomic mass is 10.3. The molecule has 0 amide bonds. The van der Waals surface area contributed by atoms with Crippen LogP contribution in [0.5, 0.6) is 0 Å². The molecule has 0 aromatic heterocycles. The van der Waals surface area contributed by atoms with Crippen LogP contribution in [0.4, 0.5) is 0 Å². The Balaban J connectivity index is 3.52. The molecule has 1 unspecified atom stereocenters. The van der Waals surface area contributed by atoms with Crippen molar-refractivity contribution in [3.05, 3.63) is 12.2 Å². The maximum Gasteiger partial charge on any atom is 0.335 e. The van der Waals surface area contributed by atoms with Crippen molar-refractivity contribution < 1.29 is 28.8 Å². The lowest BCUT2D eigenvalue weighted by Gasteiger charge is -2.09. The average molecular weight is 234 g/mol. The van der Waals surface area contributed by atoms with Crippen molar-refractivity contribution in [3.63, 3.8) is 0 Å². The summed E-state index contributed by atoms with van der Waals surface area (Å²) in [6, 6.07) is 0. The highest BCUT2D eigenvalue weighted by Gasteiger charge is 2.09. The third-order valence-electron chi connectivity index (χ3n) is 1.39. The van der Waals surface area contributed by atoms with E-state index in [2.05, 4.69) is 11.3 Å². The van der Waals surface area contributed by atoms with Crippen molar-refractivity contribution in [2.45, 2.75) is 13.0 Å². The van der Waals surface area contributed by atoms with E-state index < -0.39 is 12.1 Å². The van der Waals surface area contributed by atoms with E-state index in [0.717, 1.165) is 0 Å². The Labute approximate surface area is 94.7 Å². The number of ether oxygens (including phenoxy) is 4. The molecule has 1 N–H and O–H groups in total. The van der Waals surface area contributed by atoms with Crippen LogP contribution >= 0.6 is 0 Å². The third-order valence-corrected chi connectivity index (χ3v) is 1.39. The van der Waals surface area contributed by atoms with E-state index in [1.807, 2.05) is 0 Å². The fourth-order valence-electron chi connectivity index (χ4n) is 0.698. The first-order chi connectivity index (χ1) is 7.57. The van der Waals surface area contributed by atoms with Crippen LogP contribution in [0.15, 0.2) is 12.2 Å². The number of hydrogen-bond donors (Lipinski definition) is 1. The summed E-state index contributed by atoms with van der Waals surface area (Å²) in [6.07, 6.45) is -0.692. The second kappa shape index (κ2) is 9.29. The molecular formula is C10H18O6. The Bertz CT molecular complexity index is 213. The van der Waals surface area contributed by atoms with Crippen LogP contribution in [0.2, 0.25) is 0 Å². The second-order valence-electron chi connectivity index (χ2n) is 3.13. The Kier molecular flexibility index (Phi) is 8.74. The smallest absolute Gasteiger partial charge is 0.335 e. The van der Waals surface area contributed by atoms with Gasteiger partial charge in [-0.3, -0.25) is 0 Å². The molecular weight excluding hydrogens is 216 g/mol. The fourth-order valence-corrected chi connectivity index (χ4v) is 0.698. The lowest BCUT2D eigenvalue weighted by molar-refractivity contribution is -0.144. The highest BCUT2D eigenvalue weighted by Crippen LogP contribution is 1.97. The van der Waals surface area contributed by atoms with Crippen molar-refractivity contribution in [1.82, 2.24) is 0 Å². The van der Waals surface area contributed by atoms with Crippen molar-refractivity contribution in [2.24, 2.45) is 0 Å². The molecule has 0 fully saturated rings. The molecule has 6 heteroatoms. The standard InChI is InChI=1S/C10H18O6/c1-8(4-14-7-15-6-13-3)10(12)16-5-9(2)11/h9,11H,1,4-7H2,2-3H3. The number of carbonyl (C=O) groups is 1. The number of hydrogen-bond acceptors (Lipinski definition) is 6. The van der Waals surface area contributed by atoms with Crippen molar-refractivity contribution in [2.75, 3.05) is 33.9 Å². The first kappa shape index (κ1) is 15.0. The number of rotatable bonds is 9. The Hall–Kier alpha value is -0.950. The molecule has 0 bridgehead atoms. The van der Waals surface area contributed by atoms with Gasteiger partial charge in [-0.25, -0.2) is 4.79 Å². The first-order valence-electron chi connectivity index (χ1n) is 4.75. The molecule has 0 aromatic rings. The van der Waals surface area contributed by atoms with Gasteiger partial charge >= 0.3 is 5.97 Å². The minimum atomic E-state index is -0.692. The van der Waals surface area contributed by atoms with E-state index in [0.29, 0.717) is 0 Å². The predicted molar refractivity (Wildman–Crippen MR) is 55.6 cm³/mol. The minimum absolute atomic E-state index is 0.0105. The Morgan fingerprint density at radius 1 is 1.38 bits per heavy atom. The van der Waals surface area contributed by atoms with Crippen LogP contribution in [0, 0.1) is 0 Å². The third kappa shape index (κ3) is 8.37. The van der Waals surface area contributed by atoms with Gasteiger partial charge in [-0.1, -0.05) is 6.58 Å². The quantitative estimate of drug-likeness (QED) is 0.263. The van der Waals surface area contributed by atoms with Crippen LogP contribution in [0.25, 0.3) is 0 Å². The summed E-state index contributed by atoms with van der Waals surface area (Å²) in [6.45, 7) is 5.09. The zero-order valence-corrected chi connectivity index (χ0v) is 9.60. The van der Waals surface area contributed by atoms with Crippen molar-refractivity contribution in [1.29, 1.82) is 0 Å². The van der Waals surface area contributed by atoms with Crippen LogP contribution in [-0.2, 0) is 23.7 Å². The summed E-state index contributed by atoms with van der Waals surface area (Å²) in [5.74, 6) is -0.590. The van der Waals surface area contributed by atoms with E-state index in [-0.39, 0.29) is 32.4 Å². The molecule has 1 atom stereocenters. The second-order valence-corrected chi connectivity index (χ2v) is 3.13. The minimum Gasteiger partial charge on any atom is -0.460 e. The molecule has 0 aromatic carbocycles. The zero-order chi connectivity index (χ0) is 12.4. The van der Waals surface area contributed by atoms with Crippen LogP contribution in [0.1, 0.15) is 6.92 Å². The Morgan fingerprint density at radius 3 is 2.62 bits per heavy atom. The van der Waals surface area contributed by atoms with Crippen LogP contribution in [0.3, 0.4) is 0 Å². The molecule has 0 aliphatic heterocycles. The van der Waals surface area contributed by atoms with Crippen LogP contribution in [-0.4, -0.2) is 51.1 Å². The largest absolute Gasteiger partial charge is 0.460 e. The SMILES string of the molecule is C=C(COCOCOC)C(=O)OCC(C)O. The maximum absolute atomic E-state index is 11.2. The average Bonchev–Trinajstić information content (AvgIpc) is 2.25. The van der Waals surface area contributed by atoms with Gasteiger partial charge in [-0.2, -0.15) is 0 Å². The summed E-state index contributed by atoms with van der Waals surface area (Å²) in [7, 11) is 1.49. The normalized spacial score (nSPS) is 12.2. The number of esters is 1. The molecule has 0 aliphatic rings. The van der Waals surface area contributed by atoms with Gasteiger partial charge in [0.1, 0.15) is 20.2 Å². The highest BCUT2D eigenvalue weighted by molar-refractivity contribution is 5.87. The zero-order valence-electron chi connectivity index (χ0n) is 9.60. The number of methoxy groups -OCH3 is 1. The van der Waals surface area contributed by atoms with Crippen LogP contribution < -0.4 is 0 Å². The first-order valence-corrected chi connectivity index (χ1v) is 4.75. The molecule has 0 aliphatic carbocycles. The van der Waals surface area contributed by atoms with E-state index in [1.165, 1.54) is 14.0 Å². The van der Waals surface area contributed by atoms with Gasteiger partial charge in [0, 0.05) is 7.11 Å². The molecule has 0 radical (unpaired) electrons. The van der Waals surface area contributed by atoms with E-state index in [9.17, 15) is 4.79 Å². The summed E-state index contributed by atoms with van der Waals surface area (Å²) < 4.78 is 19.1. The van der Waals surface area contributed by atoms with Gasteiger partial charge in [0.15, 0.2) is 0 Å². The lowest BCUT2D eigenvalue weighted by Crippen LogP contribution is -2.18. The van der Waals surface area contributed by atoms with Gasteiger partial charge in [0.2, 0.25) is 0 Å². The Morgan fingerprint density at radius 2 is 2.06 bits per heavy atom. The highest BCUT2D eigenvalue weighted by atomic mass is 16.7. The van der Waals surface area contributed by atoms with Gasteiger partial charge in [-0.15, -0.1) is 0 Å². The molecule has 16 heavy (non-hydrogen) atoms. The maximum atomic E-state index is 11.2. The number of carbonyl (C=O) groups excluding carboxylic acids is 1. The molecule has 0 rings (SSSR count). The monoisotopic (exact) mass is 234 g/mol. The van der Waals surface area contributed by atoms with E-state index in [1.54, 1.807) is 0 Å². The summed E-state index contributed by atoms with van der Waals surface area (Å²) in [5.41, 5.74) is 0.168. The number of aliphatic hydroxyl groups excluding tert-OH is 1. The molecule has 0 heterocycles. The van der Waals surface area contributed by atoms with Gasteiger partial charge in [0.25, 0.3) is 0 Å². The molecule has 6 nitrogen and oxygen atoms in total. The summed E-state index contributed by atoms with van der Waals surface area (Å²) in [4.78, 5) is 11.2. The molecule has 0 saturated heterocycles. The molecule has 0 spiro atoms.